The van der Waals surface area contributed by atoms with E-state index in [-0.39, 0.29) is 0 Å². The first kappa shape index (κ1) is 14.0. The SMILES string of the molecule is Oc1ccc(-c2ccc(OCC3CCNCC3)cc2)cc1. The average molecular weight is 283 g/mol. The maximum absolute atomic E-state index is 9.32. The highest BCUT2D eigenvalue weighted by molar-refractivity contribution is 5.64. The summed E-state index contributed by atoms with van der Waals surface area (Å²) in [5.41, 5.74) is 2.22. The molecule has 2 aromatic carbocycles. The number of hydrogen-bond acceptors (Lipinski definition) is 3. The van der Waals surface area contributed by atoms with Crippen LogP contribution in [0.5, 0.6) is 11.5 Å². The summed E-state index contributed by atoms with van der Waals surface area (Å²) in [6.45, 7) is 3.02. The molecule has 1 heterocycles. The molecule has 3 rings (SSSR count). The van der Waals surface area contributed by atoms with E-state index in [1.807, 2.05) is 24.3 Å². The molecule has 0 aliphatic carbocycles. The molecule has 110 valence electrons. The minimum atomic E-state index is 0.292. The Morgan fingerprint density at radius 2 is 1.48 bits per heavy atom. The molecule has 1 aliphatic rings. The van der Waals surface area contributed by atoms with Crippen molar-refractivity contribution >= 4 is 0 Å². The molecule has 0 spiro atoms. The van der Waals surface area contributed by atoms with Gasteiger partial charge in [-0.1, -0.05) is 24.3 Å². The number of phenols is 1. The van der Waals surface area contributed by atoms with Gasteiger partial charge in [0.25, 0.3) is 0 Å². The maximum Gasteiger partial charge on any atom is 0.119 e. The van der Waals surface area contributed by atoms with Gasteiger partial charge in [0.1, 0.15) is 11.5 Å². The largest absolute Gasteiger partial charge is 0.508 e. The minimum Gasteiger partial charge on any atom is -0.508 e. The van der Waals surface area contributed by atoms with E-state index in [0.717, 1.165) is 36.6 Å². The number of phenolic OH excluding ortho intramolecular Hbond substituents is 1. The van der Waals surface area contributed by atoms with E-state index < -0.39 is 0 Å². The molecule has 1 saturated heterocycles. The van der Waals surface area contributed by atoms with Gasteiger partial charge in [-0.2, -0.15) is 0 Å². The van der Waals surface area contributed by atoms with E-state index in [4.69, 9.17) is 4.74 Å². The third-order valence-electron chi connectivity index (χ3n) is 4.00. The summed E-state index contributed by atoms with van der Waals surface area (Å²) < 4.78 is 5.89. The molecular formula is C18H21NO2. The Morgan fingerprint density at radius 3 is 2.10 bits per heavy atom. The fourth-order valence-electron chi connectivity index (χ4n) is 2.66. The van der Waals surface area contributed by atoms with Crippen molar-refractivity contribution in [1.29, 1.82) is 0 Å². The average Bonchev–Trinajstić information content (AvgIpc) is 2.55. The molecule has 0 aromatic heterocycles. The Bertz CT molecular complexity index is 557. The van der Waals surface area contributed by atoms with Crippen molar-refractivity contribution in [2.24, 2.45) is 5.92 Å². The Balaban J connectivity index is 1.59. The van der Waals surface area contributed by atoms with Gasteiger partial charge < -0.3 is 15.2 Å². The topological polar surface area (TPSA) is 41.5 Å². The van der Waals surface area contributed by atoms with E-state index in [1.165, 1.54) is 12.8 Å². The molecule has 0 radical (unpaired) electrons. The first-order valence-electron chi connectivity index (χ1n) is 7.54. The summed E-state index contributed by atoms with van der Waals surface area (Å²) in [7, 11) is 0. The van der Waals surface area contributed by atoms with Crippen LogP contribution in [0.2, 0.25) is 0 Å². The number of ether oxygens (including phenoxy) is 1. The van der Waals surface area contributed by atoms with Crippen LogP contribution in [0.1, 0.15) is 12.8 Å². The highest BCUT2D eigenvalue weighted by atomic mass is 16.5. The lowest BCUT2D eigenvalue weighted by molar-refractivity contribution is 0.215. The van der Waals surface area contributed by atoms with Crippen molar-refractivity contribution in [3.63, 3.8) is 0 Å². The lowest BCUT2D eigenvalue weighted by Gasteiger charge is -2.22. The highest BCUT2D eigenvalue weighted by Gasteiger charge is 2.13. The van der Waals surface area contributed by atoms with Crippen LogP contribution < -0.4 is 10.1 Å². The van der Waals surface area contributed by atoms with Gasteiger partial charge in [0.05, 0.1) is 6.61 Å². The van der Waals surface area contributed by atoms with Crippen LogP contribution in [-0.2, 0) is 0 Å². The predicted octanol–water partition coefficient (Wildman–Crippen LogP) is 3.44. The van der Waals surface area contributed by atoms with Crippen molar-refractivity contribution in [3.8, 4) is 22.6 Å². The van der Waals surface area contributed by atoms with Gasteiger partial charge in [-0.15, -0.1) is 0 Å². The summed E-state index contributed by atoms with van der Waals surface area (Å²) in [5, 5.41) is 12.7. The van der Waals surface area contributed by atoms with Crippen molar-refractivity contribution in [3.05, 3.63) is 48.5 Å². The van der Waals surface area contributed by atoms with E-state index >= 15 is 0 Å². The van der Waals surface area contributed by atoms with E-state index in [2.05, 4.69) is 17.4 Å². The maximum atomic E-state index is 9.32. The van der Waals surface area contributed by atoms with Crippen molar-refractivity contribution in [2.45, 2.75) is 12.8 Å². The van der Waals surface area contributed by atoms with Gasteiger partial charge >= 0.3 is 0 Å². The Kier molecular flexibility index (Phi) is 4.41. The van der Waals surface area contributed by atoms with Crippen LogP contribution >= 0.6 is 0 Å². The summed E-state index contributed by atoms with van der Waals surface area (Å²) in [6.07, 6.45) is 2.40. The molecule has 0 unspecified atom stereocenters. The normalized spacial score (nSPS) is 15.8. The van der Waals surface area contributed by atoms with Crippen LogP contribution in [0.3, 0.4) is 0 Å². The molecule has 0 bridgehead atoms. The monoisotopic (exact) mass is 283 g/mol. The number of rotatable bonds is 4. The van der Waals surface area contributed by atoms with E-state index in [1.54, 1.807) is 12.1 Å². The number of benzene rings is 2. The third kappa shape index (κ3) is 3.76. The van der Waals surface area contributed by atoms with Crippen LogP contribution in [0, 0.1) is 5.92 Å². The molecule has 0 atom stereocenters. The second-order valence-corrected chi connectivity index (χ2v) is 5.58. The summed E-state index contributed by atoms with van der Waals surface area (Å²) in [6, 6.07) is 15.4. The third-order valence-corrected chi connectivity index (χ3v) is 4.00. The molecule has 0 saturated carbocycles. The second-order valence-electron chi connectivity index (χ2n) is 5.58. The summed E-state index contributed by atoms with van der Waals surface area (Å²) >= 11 is 0. The molecule has 3 heteroatoms. The molecule has 2 aromatic rings. The fourth-order valence-corrected chi connectivity index (χ4v) is 2.66. The Morgan fingerprint density at radius 1 is 0.905 bits per heavy atom. The smallest absolute Gasteiger partial charge is 0.119 e. The highest BCUT2D eigenvalue weighted by Crippen LogP contribution is 2.24. The zero-order chi connectivity index (χ0) is 14.5. The molecule has 21 heavy (non-hydrogen) atoms. The van der Waals surface area contributed by atoms with Gasteiger partial charge in [0, 0.05) is 0 Å². The Labute approximate surface area is 125 Å². The first-order valence-corrected chi connectivity index (χ1v) is 7.54. The lowest BCUT2D eigenvalue weighted by Crippen LogP contribution is -2.30. The van der Waals surface area contributed by atoms with Crippen molar-refractivity contribution in [2.75, 3.05) is 19.7 Å². The van der Waals surface area contributed by atoms with Gasteiger partial charge in [-0.05, 0) is 67.2 Å². The number of aromatic hydroxyl groups is 1. The molecule has 0 amide bonds. The quantitative estimate of drug-likeness (QED) is 0.903. The van der Waals surface area contributed by atoms with E-state index in [0.29, 0.717) is 11.7 Å². The standard InChI is InChI=1S/C18H21NO2/c20-17-5-1-15(2-6-17)16-3-7-18(8-4-16)21-13-14-9-11-19-12-10-14/h1-8,14,19-20H,9-13H2. The molecule has 1 fully saturated rings. The van der Waals surface area contributed by atoms with Gasteiger partial charge in [0.2, 0.25) is 0 Å². The molecular weight excluding hydrogens is 262 g/mol. The lowest BCUT2D eigenvalue weighted by atomic mass is 9.99. The number of hydrogen-bond donors (Lipinski definition) is 2. The van der Waals surface area contributed by atoms with Gasteiger partial charge in [-0.3, -0.25) is 0 Å². The van der Waals surface area contributed by atoms with Crippen LogP contribution in [0.15, 0.2) is 48.5 Å². The van der Waals surface area contributed by atoms with Crippen LogP contribution in [0.4, 0.5) is 0 Å². The molecule has 2 N–H and O–H groups in total. The van der Waals surface area contributed by atoms with E-state index in [9.17, 15) is 5.11 Å². The first-order chi connectivity index (χ1) is 10.3. The fraction of sp³-hybridized carbons (Fsp3) is 0.333. The van der Waals surface area contributed by atoms with Gasteiger partial charge in [-0.25, -0.2) is 0 Å². The molecule has 3 nitrogen and oxygen atoms in total. The zero-order valence-corrected chi connectivity index (χ0v) is 12.1. The van der Waals surface area contributed by atoms with Crippen molar-refractivity contribution < 1.29 is 9.84 Å². The van der Waals surface area contributed by atoms with Gasteiger partial charge in [0.15, 0.2) is 0 Å². The van der Waals surface area contributed by atoms with Crippen LogP contribution in [0.25, 0.3) is 11.1 Å². The van der Waals surface area contributed by atoms with Crippen molar-refractivity contribution in [1.82, 2.24) is 5.32 Å². The summed E-state index contributed by atoms with van der Waals surface area (Å²) in [4.78, 5) is 0. The minimum absolute atomic E-state index is 0.292. The second kappa shape index (κ2) is 6.64. The predicted molar refractivity (Wildman–Crippen MR) is 84.6 cm³/mol. The number of nitrogens with one attached hydrogen (secondary N) is 1. The summed E-state index contributed by atoms with van der Waals surface area (Å²) in [5.74, 6) is 1.89. The zero-order valence-electron chi connectivity index (χ0n) is 12.1. The van der Waals surface area contributed by atoms with Crippen LogP contribution in [-0.4, -0.2) is 24.8 Å². The Hall–Kier alpha value is -2.00. The molecule has 1 aliphatic heterocycles. The number of piperidine rings is 1.